The zero-order valence-electron chi connectivity index (χ0n) is 12.7. The van der Waals surface area contributed by atoms with Crippen LogP contribution in [0.15, 0.2) is 18.2 Å². The zero-order valence-corrected chi connectivity index (χ0v) is 12.7. The average molecular weight is 261 g/mol. The van der Waals surface area contributed by atoms with Crippen molar-refractivity contribution in [2.75, 3.05) is 31.6 Å². The van der Waals surface area contributed by atoms with Crippen molar-refractivity contribution in [3.63, 3.8) is 0 Å². The van der Waals surface area contributed by atoms with E-state index in [-0.39, 0.29) is 0 Å². The van der Waals surface area contributed by atoms with E-state index in [2.05, 4.69) is 55.8 Å². The fraction of sp³-hybridized carbons (Fsp3) is 0.625. The molecule has 0 aliphatic carbocycles. The first kappa shape index (κ1) is 14.4. The number of nitrogens with two attached hydrogens (primary N) is 1. The Hall–Kier alpha value is -1.06. The molecule has 3 nitrogen and oxygen atoms in total. The standard InChI is InChI=1S/C16H27N3/c1-12-9-16(6-5-15(12)7-8-17)19-10-13(2)18(4)14(3)11-19/h5-6,9,13-14H,7-8,10-11,17H2,1-4H3. The maximum atomic E-state index is 5.65. The Balaban J connectivity index is 2.16. The number of benzene rings is 1. The van der Waals surface area contributed by atoms with Crippen LogP contribution in [0.3, 0.4) is 0 Å². The van der Waals surface area contributed by atoms with Crippen molar-refractivity contribution in [2.24, 2.45) is 5.73 Å². The van der Waals surface area contributed by atoms with Crippen molar-refractivity contribution in [3.8, 4) is 0 Å². The molecule has 1 aliphatic heterocycles. The molecular formula is C16H27N3. The lowest BCUT2D eigenvalue weighted by molar-refractivity contribution is 0.170. The molecule has 1 fully saturated rings. The molecule has 2 atom stereocenters. The van der Waals surface area contributed by atoms with Gasteiger partial charge in [0, 0.05) is 30.9 Å². The van der Waals surface area contributed by atoms with Crippen LogP contribution in [0.4, 0.5) is 5.69 Å². The summed E-state index contributed by atoms with van der Waals surface area (Å²) in [5, 5.41) is 0. The molecule has 0 amide bonds. The molecule has 1 heterocycles. The Morgan fingerprint density at radius 3 is 2.37 bits per heavy atom. The topological polar surface area (TPSA) is 32.5 Å². The maximum Gasteiger partial charge on any atom is 0.0370 e. The molecule has 106 valence electrons. The van der Waals surface area contributed by atoms with Crippen LogP contribution in [-0.4, -0.2) is 43.7 Å². The van der Waals surface area contributed by atoms with Gasteiger partial charge in [0.2, 0.25) is 0 Å². The predicted molar refractivity (Wildman–Crippen MR) is 82.8 cm³/mol. The van der Waals surface area contributed by atoms with Crippen molar-refractivity contribution in [3.05, 3.63) is 29.3 Å². The lowest BCUT2D eigenvalue weighted by Crippen LogP contribution is -2.55. The second-order valence-corrected chi connectivity index (χ2v) is 5.92. The molecule has 1 aromatic rings. The number of nitrogens with zero attached hydrogens (tertiary/aromatic N) is 2. The Kier molecular flexibility index (Phi) is 4.48. The van der Waals surface area contributed by atoms with E-state index in [4.69, 9.17) is 5.73 Å². The SMILES string of the molecule is Cc1cc(N2CC(C)N(C)C(C)C2)ccc1CCN. The minimum absolute atomic E-state index is 0.604. The van der Waals surface area contributed by atoms with Crippen LogP contribution >= 0.6 is 0 Å². The van der Waals surface area contributed by atoms with Crippen molar-refractivity contribution < 1.29 is 0 Å². The summed E-state index contributed by atoms with van der Waals surface area (Å²) in [4.78, 5) is 4.97. The van der Waals surface area contributed by atoms with E-state index in [1.807, 2.05) is 0 Å². The highest BCUT2D eigenvalue weighted by atomic mass is 15.3. The van der Waals surface area contributed by atoms with Gasteiger partial charge in [-0.15, -0.1) is 0 Å². The zero-order chi connectivity index (χ0) is 14.0. The van der Waals surface area contributed by atoms with Gasteiger partial charge in [-0.3, -0.25) is 4.90 Å². The third kappa shape index (κ3) is 3.10. The van der Waals surface area contributed by atoms with Gasteiger partial charge in [0.15, 0.2) is 0 Å². The van der Waals surface area contributed by atoms with Crippen LogP contribution in [0.25, 0.3) is 0 Å². The molecular weight excluding hydrogens is 234 g/mol. The minimum Gasteiger partial charge on any atom is -0.368 e. The fourth-order valence-electron chi connectivity index (χ4n) is 2.93. The van der Waals surface area contributed by atoms with Gasteiger partial charge in [-0.25, -0.2) is 0 Å². The summed E-state index contributed by atoms with van der Waals surface area (Å²) in [5.41, 5.74) is 9.74. The third-order valence-corrected chi connectivity index (χ3v) is 4.46. The Morgan fingerprint density at radius 2 is 1.84 bits per heavy atom. The summed E-state index contributed by atoms with van der Waals surface area (Å²) >= 11 is 0. The van der Waals surface area contributed by atoms with Gasteiger partial charge in [-0.2, -0.15) is 0 Å². The third-order valence-electron chi connectivity index (χ3n) is 4.46. The molecule has 1 saturated heterocycles. The first-order chi connectivity index (χ1) is 9.02. The molecule has 0 saturated carbocycles. The van der Waals surface area contributed by atoms with E-state index in [1.165, 1.54) is 16.8 Å². The van der Waals surface area contributed by atoms with Crippen molar-refractivity contribution in [2.45, 2.75) is 39.3 Å². The summed E-state index contributed by atoms with van der Waals surface area (Å²) in [6.45, 7) is 9.74. The highest BCUT2D eigenvalue weighted by Crippen LogP contribution is 2.24. The van der Waals surface area contributed by atoms with E-state index in [1.54, 1.807) is 0 Å². The molecule has 0 bridgehead atoms. The minimum atomic E-state index is 0.604. The first-order valence-electron chi connectivity index (χ1n) is 7.29. The van der Waals surface area contributed by atoms with Gasteiger partial charge in [0.05, 0.1) is 0 Å². The number of aryl methyl sites for hydroxylation is 1. The smallest absolute Gasteiger partial charge is 0.0370 e. The largest absolute Gasteiger partial charge is 0.368 e. The van der Waals surface area contributed by atoms with E-state index in [0.717, 1.165) is 26.1 Å². The Labute approximate surface area is 117 Å². The van der Waals surface area contributed by atoms with Gasteiger partial charge in [-0.05, 0) is 64.0 Å². The molecule has 2 unspecified atom stereocenters. The molecule has 0 radical (unpaired) electrons. The Bertz CT molecular complexity index is 418. The average Bonchev–Trinajstić information content (AvgIpc) is 2.38. The summed E-state index contributed by atoms with van der Waals surface area (Å²) in [6.07, 6.45) is 0.974. The van der Waals surface area contributed by atoms with Crippen LogP contribution in [0, 0.1) is 6.92 Å². The molecule has 2 rings (SSSR count). The summed E-state index contributed by atoms with van der Waals surface area (Å²) in [5.74, 6) is 0. The van der Waals surface area contributed by atoms with Gasteiger partial charge in [0.1, 0.15) is 0 Å². The normalized spacial score (nSPS) is 24.8. The molecule has 3 heteroatoms. The fourth-order valence-corrected chi connectivity index (χ4v) is 2.93. The van der Waals surface area contributed by atoms with Crippen molar-refractivity contribution in [1.29, 1.82) is 0 Å². The predicted octanol–water partition coefficient (Wildman–Crippen LogP) is 2.03. The van der Waals surface area contributed by atoms with E-state index in [9.17, 15) is 0 Å². The summed E-state index contributed by atoms with van der Waals surface area (Å²) in [7, 11) is 2.22. The van der Waals surface area contributed by atoms with E-state index in [0.29, 0.717) is 12.1 Å². The number of anilines is 1. The molecule has 2 N–H and O–H groups in total. The van der Waals surface area contributed by atoms with Crippen LogP contribution < -0.4 is 10.6 Å². The first-order valence-corrected chi connectivity index (χ1v) is 7.29. The highest BCUT2D eigenvalue weighted by molar-refractivity contribution is 5.51. The van der Waals surface area contributed by atoms with Gasteiger partial charge >= 0.3 is 0 Å². The molecule has 0 spiro atoms. The molecule has 19 heavy (non-hydrogen) atoms. The van der Waals surface area contributed by atoms with Gasteiger partial charge in [0.25, 0.3) is 0 Å². The van der Waals surface area contributed by atoms with Crippen molar-refractivity contribution in [1.82, 2.24) is 4.90 Å². The van der Waals surface area contributed by atoms with E-state index >= 15 is 0 Å². The van der Waals surface area contributed by atoms with Crippen molar-refractivity contribution >= 4 is 5.69 Å². The second-order valence-electron chi connectivity index (χ2n) is 5.92. The highest BCUT2D eigenvalue weighted by Gasteiger charge is 2.26. The van der Waals surface area contributed by atoms with E-state index < -0.39 is 0 Å². The Morgan fingerprint density at radius 1 is 1.21 bits per heavy atom. The molecule has 0 aromatic heterocycles. The second kappa shape index (κ2) is 5.93. The number of hydrogen-bond donors (Lipinski definition) is 1. The summed E-state index contributed by atoms with van der Waals surface area (Å²) < 4.78 is 0. The number of rotatable bonds is 3. The number of likely N-dealkylation sites (N-methyl/N-ethyl adjacent to an activating group) is 1. The van der Waals surface area contributed by atoms with Gasteiger partial charge in [-0.1, -0.05) is 6.07 Å². The van der Waals surface area contributed by atoms with Crippen LogP contribution in [0.2, 0.25) is 0 Å². The lowest BCUT2D eigenvalue weighted by Gasteiger charge is -2.43. The van der Waals surface area contributed by atoms with Crippen LogP contribution in [-0.2, 0) is 6.42 Å². The molecule has 1 aliphatic rings. The number of piperazine rings is 1. The van der Waals surface area contributed by atoms with Gasteiger partial charge < -0.3 is 10.6 Å². The van der Waals surface area contributed by atoms with Crippen LogP contribution in [0.1, 0.15) is 25.0 Å². The summed E-state index contributed by atoms with van der Waals surface area (Å²) in [6, 6.07) is 8.02. The number of hydrogen-bond acceptors (Lipinski definition) is 3. The molecule has 1 aromatic carbocycles. The maximum absolute atomic E-state index is 5.65. The monoisotopic (exact) mass is 261 g/mol. The quantitative estimate of drug-likeness (QED) is 0.903. The van der Waals surface area contributed by atoms with Crippen LogP contribution in [0.5, 0.6) is 0 Å². The lowest BCUT2D eigenvalue weighted by atomic mass is 10.0.